The van der Waals surface area contributed by atoms with Crippen molar-refractivity contribution in [2.75, 3.05) is 19.7 Å². The summed E-state index contributed by atoms with van der Waals surface area (Å²) in [5, 5.41) is 3.29. The third-order valence-corrected chi connectivity index (χ3v) is 2.59. The van der Waals surface area contributed by atoms with Crippen LogP contribution in [0.4, 0.5) is 0 Å². The molecule has 1 aliphatic rings. The molecule has 1 aromatic rings. The number of nitrogens with one attached hydrogen (secondary N) is 1. The van der Waals surface area contributed by atoms with Crippen LogP contribution in [0.2, 0.25) is 0 Å². The van der Waals surface area contributed by atoms with Gasteiger partial charge in [-0.2, -0.15) is 4.98 Å². The summed E-state index contributed by atoms with van der Waals surface area (Å²) in [5.74, 6) is 0.584. The first kappa shape index (κ1) is 12.1. The highest BCUT2D eigenvalue weighted by molar-refractivity contribution is 5.11. The fraction of sp³-hybridized carbons (Fsp3) is 0.667. The van der Waals surface area contributed by atoms with E-state index in [1.807, 2.05) is 0 Å². The average Bonchev–Trinajstić information content (AvgIpc) is 2.38. The minimum Gasteiger partial charge on any atom is -0.478 e. The van der Waals surface area contributed by atoms with Crippen LogP contribution in [0.25, 0.3) is 0 Å². The standard InChI is InChI=1S/C12H19N3O2/c1-2-8-16-11-5-7-14-12(15-11)17-10-4-3-6-13-9-10/h5,7,10,13H,2-4,6,8-9H2,1H3/t10-/m0/s1. The molecular weight excluding hydrogens is 218 g/mol. The topological polar surface area (TPSA) is 56.3 Å². The lowest BCUT2D eigenvalue weighted by atomic mass is 10.1. The van der Waals surface area contributed by atoms with Crippen molar-refractivity contribution >= 4 is 0 Å². The van der Waals surface area contributed by atoms with Crippen LogP contribution in [0.3, 0.4) is 0 Å². The van der Waals surface area contributed by atoms with Gasteiger partial charge in [-0.1, -0.05) is 6.92 Å². The van der Waals surface area contributed by atoms with Gasteiger partial charge < -0.3 is 14.8 Å². The second-order valence-electron chi connectivity index (χ2n) is 4.11. The summed E-state index contributed by atoms with van der Waals surface area (Å²) in [6, 6.07) is 2.16. The zero-order valence-electron chi connectivity index (χ0n) is 10.2. The van der Waals surface area contributed by atoms with E-state index < -0.39 is 0 Å². The Morgan fingerprint density at radius 2 is 2.47 bits per heavy atom. The normalized spacial score (nSPS) is 19.9. The second kappa shape index (κ2) is 6.39. The zero-order chi connectivity index (χ0) is 11.9. The Bertz CT molecular complexity index is 340. The molecule has 2 rings (SSSR count). The molecule has 0 bridgehead atoms. The van der Waals surface area contributed by atoms with E-state index in [1.165, 1.54) is 0 Å². The number of ether oxygens (including phenoxy) is 2. The maximum Gasteiger partial charge on any atom is 0.319 e. The Labute approximate surface area is 102 Å². The fourth-order valence-electron chi connectivity index (χ4n) is 1.74. The molecule has 1 aromatic heterocycles. The second-order valence-corrected chi connectivity index (χ2v) is 4.11. The molecule has 5 heteroatoms. The lowest BCUT2D eigenvalue weighted by Gasteiger charge is -2.22. The van der Waals surface area contributed by atoms with E-state index in [4.69, 9.17) is 9.47 Å². The van der Waals surface area contributed by atoms with Gasteiger partial charge in [-0.05, 0) is 25.8 Å². The monoisotopic (exact) mass is 237 g/mol. The minimum atomic E-state index is 0.171. The van der Waals surface area contributed by atoms with Crippen LogP contribution in [-0.4, -0.2) is 35.8 Å². The first-order valence-electron chi connectivity index (χ1n) is 6.21. The van der Waals surface area contributed by atoms with Gasteiger partial charge in [-0.25, -0.2) is 4.98 Å². The fourth-order valence-corrected chi connectivity index (χ4v) is 1.74. The van der Waals surface area contributed by atoms with Crippen molar-refractivity contribution in [1.82, 2.24) is 15.3 Å². The maximum absolute atomic E-state index is 5.71. The van der Waals surface area contributed by atoms with Crippen molar-refractivity contribution in [3.8, 4) is 11.9 Å². The summed E-state index contributed by atoms with van der Waals surface area (Å²) in [6.45, 7) is 4.66. The summed E-state index contributed by atoms with van der Waals surface area (Å²) in [4.78, 5) is 8.32. The number of nitrogens with zero attached hydrogens (tertiary/aromatic N) is 2. The molecule has 94 valence electrons. The largest absolute Gasteiger partial charge is 0.478 e. The summed E-state index contributed by atoms with van der Waals surface area (Å²) in [5.41, 5.74) is 0. The predicted octanol–water partition coefficient (Wildman–Crippen LogP) is 1.40. The van der Waals surface area contributed by atoms with Crippen LogP contribution in [0.15, 0.2) is 12.3 Å². The third kappa shape index (κ3) is 3.85. The van der Waals surface area contributed by atoms with Gasteiger partial charge in [0.25, 0.3) is 0 Å². The molecule has 1 N–H and O–H groups in total. The van der Waals surface area contributed by atoms with Crippen molar-refractivity contribution < 1.29 is 9.47 Å². The van der Waals surface area contributed by atoms with Gasteiger partial charge in [0, 0.05) is 18.8 Å². The van der Waals surface area contributed by atoms with Gasteiger partial charge in [0.1, 0.15) is 6.10 Å². The van der Waals surface area contributed by atoms with Gasteiger partial charge in [-0.3, -0.25) is 0 Å². The number of rotatable bonds is 5. The SMILES string of the molecule is CCCOc1ccnc(O[C@H]2CCCNC2)n1. The average molecular weight is 237 g/mol. The Morgan fingerprint density at radius 1 is 1.53 bits per heavy atom. The van der Waals surface area contributed by atoms with Crippen LogP contribution in [0.1, 0.15) is 26.2 Å². The molecule has 0 unspecified atom stereocenters. The molecule has 0 aromatic carbocycles. The number of hydrogen-bond donors (Lipinski definition) is 1. The quantitative estimate of drug-likeness (QED) is 0.838. The molecule has 0 radical (unpaired) electrons. The molecule has 2 heterocycles. The molecule has 1 atom stereocenters. The zero-order valence-corrected chi connectivity index (χ0v) is 10.2. The molecule has 0 aliphatic carbocycles. The van der Waals surface area contributed by atoms with E-state index in [9.17, 15) is 0 Å². The van der Waals surface area contributed by atoms with Crippen LogP contribution < -0.4 is 14.8 Å². The van der Waals surface area contributed by atoms with Gasteiger partial charge in [-0.15, -0.1) is 0 Å². The molecule has 0 saturated carbocycles. The van der Waals surface area contributed by atoms with Crippen molar-refractivity contribution in [3.63, 3.8) is 0 Å². The summed E-state index contributed by atoms with van der Waals surface area (Å²) in [7, 11) is 0. The van der Waals surface area contributed by atoms with E-state index >= 15 is 0 Å². The Hall–Kier alpha value is -1.36. The first-order chi connectivity index (χ1) is 8.38. The van der Waals surface area contributed by atoms with E-state index in [2.05, 4.69) is 22.2 Å². The minimum absolute atomic E-state index is 0.171. The van der Waals surface area contributed by atoms with Crippen molar-refractivity contribution in [2.45, 2.75) is 32.3 Å². The van der Waals surface area contributed by atoms with E-state index in [0.29, 0.717) is 18.5 Å². The lowest BCUT2D eigenvalue weighted by Crippen LogP contribution is -2.37. The first-order valence-corrected chi connectivity index (χ1v) is 6.21. The summed E-state index contributed by atoms with van der Waals surface area (Å²) >= 11 is 0. The highest BCUT2D eigenvalue weighted by atomic mass is 16.5. The van der Waals surface area contributed by atoms with Crippen LogP contribution >= 0.6 is 0 Å². The molecule has 17 heavy (non-hydrogen) atoms. The van der Waals surface area contributed by atoms with E-state index in [0.717, 1.165) is 32.4 Å². The van der Waals surface area contributed by atoms with Crippen molar-refractivity contribution in [2.24, 2.45) is 0 Å². The van der Waals surface area contributed by atoms with Crippen LogP contribution in [-0.2, 0) is 0 Å². The van der Waals surface area contributed by atoms with E-state index in [-0.39, 0.29) is 6.10 Å². The molecule has 1 fully saturated rings. The summed E-state index contributed by atoms with van der Waals surface area (Å²) < 4.78 is 11.1. The molecule has 0 spiro atoms. The number of aromatic nitrogens is 2. The van der Waals surface area contributed by atoms with Crippen LogP contribution in [0, 0.1) is 0 Å². The highest BCUT2D eigenvalue weighted by Crippen LogP contribution is 2.14. The number of hydrogen-bond acceptors (Lipinski definition) is 5. The molecule has 0 amide bonds. The van der Waals surface area contributed by atoms with E-state index in [1.54, 1.807) is 12.3 Å². The molecule has 1 aliphatic heterocycles. The Morgan fingerprint density at radius 3 is 3.24 bits per heavy atom. The Kier molecular flexibility index (Phi) is 4.55. The summed E-state index contributed by atoms with van der Waals surface area (Å²) in [6.07, 6.45) is 4.99. The molecular formula is C12H19N3O2. The lowest BCUT2D eigenvalue weighted by molar-refractivity contribution is 0.151. The molecule has 5 nitrogen and oxygen atoms in total. The van der Waals surface area contributed by atoms with Gasteiger partial charge in [0.2, 0.25) is 5.88 Å². The van der Waals surface area contributed by atoms with Crippen LogP contribution in [0.5, 0.6) is 11.9 Å². The molecule has 1 saturated heterocycles. The van der Waals surface area contributed by atoms with Gasteiger partial charge >= 0.3 is 6.01 Å². The van der Waals surface area contributed by atoms with Gasteiger partial charge in [0.05, 0.1) is 6.61 Å². The third-order valence-electron chi connectivity index (χ3n) is 2.59. The van der Waals surface area contributed by atoms with Crippen molar-refractivity contribution in [1.29, 1.82) is 0 Å². The predicted molar refractivity (Wildman–Crippen MR) is 64.3 cm³/mol. The number of piperidine rings is 1. The smallest absolute Gasteiger partial charge is 0.319 e. The maximum atomic E-state index is 5.71. The highest BCUT2D eigenvalue weighted by Gasteiger charge is 2.15. The van der Waals surface area contributed by atoms with Gasteiger partial charge in [0.15, 0.2) is 0 Å². The Balaban J connectivity index is 1.90. The van der Waals surface area contributed by atoms with Crippen molar-refractivity contribution in [3.05, 3.63) is 12.3 Å².